The van der Waals surface area contributed by atoms with Crippen molar-refractivity contribution in [3.8, 4) is 11.5 Å². The SMILES string of the molecule is COc1ccc(OC)c(Nc2nc(C)cc(Nc3ccc(C(C)C)cc3)n2)c1. The van der Waals surface area contributed by atoms with E-state index in [9.17, 15) is 0 Å². The van der Waals surface area contributed by atoms with E-state index in [2.05, 4.69) is 58.7 Å². The van der Waals surface area contributed by atoms with Crippen molar-refractivity contribution < 1.29 is 9.47 Å². The van der Waals surface area contributed by atoms with Gasteiger partial charge in [0.05, 0.1) is 19.9 Å². The summed E-state index contributed by atoms with van der Waals surface area (Å²) >= 11 is 0. The van der Waals surface area contributed by atoms with E-state index in [1.54, 1.807) is 14.2 Å². The molecular formula is C22H26N4O2. The molecule has 0 bridgehead atoms. The van der Waals surface area contributed by atoms with Crippen LogP contribution >= 0.6 is 0 Å². The highest BCUT2D eigenvalue weighted by atomic mass is 16.5. The van der Waals surface area contributed by atoms with E-state index < -0.39 is 0 Å². The Labute approximate surface area is 166 Å². The molecule has 0 spiro atoms. The molecule has 28 heavy (non-hydrogen) atoms. The first-order valence-corrected chi connectivity index (χ1v) is 9.20. The molecule has 2 aromatic carbocycles. The highest BCUT2D eigenvalue weighted by Crippen LogP contribution is 2.31. The molecule has 0 radical (unpaired) electrons. The molecule has 6 heteroatoms. The average molecular weight is 378 g/mol. The van der Waals surface area contributed by atoms with Crippen molar-refractivity contribution in [2.75, 3.05) is 24.9 Å². The zero-order valence-corrected chi connectivity index (χ0v) is 16.9. The molecule has 0 amide bonds. The van der Waals surface area contributed by atoms with E-state index in [1.165, 1.54) is 5.56 Å². The molecule has 0 saturated heterocycles. The number of ether oxygens (including phenoxy) is 2. The van der Waals surface area contributed by atoms with Gasteiger partial charge < -0.3 is 20.1 Å². The number of benzene rings is 2. The molecule has 1 aromatic heterocycles. The van der Waals surface area contributed by atoms with Crippen LogP contribution in [0.2, 0.25) is 0 Å². The number of methoxy groups -OCH3 is 2. The number of nitrogens with zero attached hydrogens (tertiary/aromatic N) is 2. The second kappa shape index (κ2) is 8.61. The molecule has 0 aliphatic carbocycles. The highest BCUT2D eigenvalue weighted by molar-refractivity contribution is 5.66. The molecule has 0 fully saturated rings. The van der Waals surface area contributed by atoms with Gasteiger partial charge in [-0.05, 0) is 42.7 Å². The van der Waals surface area contributed by atoms with Crippen LogP contribution in [0.5, 0.6) is 11.5 Å². The Hall–Kier alpha value is -3.28. The molecule has 3 aromatic rings. The summed E-state index contributed by atoms with van der Waals surface area (Å²) in [6.45, 7) is 6.30. The summed E-state index contributed by atoms with van der Waals surface area (Å²) in [7, 11) is 3.25. The van der Waals surface area contributed by atoms with E-state index >= 15 is 0 Å². The van der Waals surface area contributed by atoms with Gasteiger partial charge in [0.25, 0.3) is 0 Å². The van der Waals surface area contributed by atoms with Crippen molar-refractivity contribution in [3.05, 3.63) is 59.8 Å². The summed E-state index contributed by atoms with van der Waals surface area (Å²) in [5.41, 5.74) is 3.87. The summed E-state index contributed by atoms with van der Waals surface area (Å²) in [6, 6.07) is 15.8. The molecule has 0 saturated carbocycles. The molecule has 3 rings (SSSR count). The topological polar surface area (TPSA) is 68.3 Å². The molecule has 0 unspecified atom stereocenters. The van der Waals surface area contributed by atoms with E-state index in [4.69, 9.17) is 9.47 Å². The van der Waals surface area contributed by atoms with Gasteiger partial charge in [-0.15, -0.1) is 0 Å². The minimum atomic E-state index is 0.479. The van der Waals surface area contributed by atoms with Gasteiger partial charge in [-0.3, -0.25) is 0 Å². The van der Waals surface area contributed by atoms with Crippen LogP contribution < -0.4 is 20.1 Å². The highest BCUT2D eigenvalue weighted by Gasteiger charge is 2.09. The number of anilines is 4. The number of rotatable bonds is 7. The third-order valence-electron chi connectivity index (χ3n) is 4.36. The molecule has 2 N–H and O–H groups in total. The van der Waals surface area contributed by atoms with Crippen LogP contribution in [-0.4, -0.2) is 24.2 Å². The Morgan fingerprint density at radius 1 is 0.857 bits per heavy atom. The standard InChI is InChI=1S/C22H26N4O2/c1-14(2)16-6-8-17(9-7-16)24-21-12-15(3)23-22(26-21)25-19-13-18(27-4)10-11-20(19)28-5/h6-14H,1-5H3,(H2,23,24,25,26). The monoisotopic (exact) mass is 378 g/mol. The van der Waals surface area contributed by atoms with Crippen molar-refractivity contribution in [2.24, 2.45) is 0 Å². The van der Waals surface area contributed by atoms with Crippen LogP contribution in [0, 0.1) is 6.92 Å². The predicted octanol–water partition coefficient (Wildman–Crippen LogP) is 5.41. The Bertz CT molecular complexity index is 940. The quantitative estimate of drug-likeness (QED) is 0.573. The van der Waals surface area contributed by atoms with Crippen molar-refractivity contribution >= 4 is 23.1 Å². The van der Waals surface area contributed by atoms with Gasteiger partial charge in [0, 0.05) is 23.5 Å². The summed E-state index contributed by atoms with van der Waals surface area (Å²) in [6.07, 6.45) is 0. The molecule has 0 atom stereocenters. The third kappa shape index (κ3) is 4.71. The van der Waals surface area contributed by atoms with Gasteiger partial charge in [-0.2, -0.15) is 4.98 Å². The van der Waals surface area contributed by atoms with Crippen LogP contribution in [0.4, 0.5) is 23.1 Å². The van der Waals surface area contributed by atoms with Crippen LogP contribution in [0.1, 0.15) is 31.0 Å². The van der Waals surface area contributed by atoms with Crippen LogP contribution in [-0.2, 0) is 0 Å². The molecule has 0 aliphatic rings. The average Bonchev–Trinajstić information content (AvgIpc) is 2.68. The maximum absolute atomic E-state index is 5.41. The maximum atomic E-state index is 5.41. The molecule has 6 nitrogen and oxygen atoms in total. The number of nitrogens with one attached hydrogen (secondary N) is 2. The van der Waals surface area contributed by atoms with Crippen molar-refractivity contribution in [3.63, 3.8) is 0 Å². The van der Waals surface area contributed by atoms with E-state index in [-0.39, 0.29) is 0 Å². The van der Waals surface area contributed by atoms with Gasteiger partial charge in [-0.25, -0.2) is 4.98 Å². The van der Waals surface area contributed by atoms with Crippen molar-refractivity contribution in [2.45, 2.75) is 26.7 Å². The lowest BCUT2D eigenvalue weighted by molar-refractivity contribution is 0.405. The molecular weight excluding hydrogens is 352 g/mol. The third-order valence-corrected chi connectivity index (χ3v) is 4.36. The predicted molar refractivity (Wildman–Crippen MR) is 113 cm³/mol. The van der Waals surface area contributed by atoms with E-state index in [1.807, 2.05) is 31.2 Å². The Balaban J connectivity index is 1.84. The van der Waals surface area contributed by atoms with Crippen LogP contribution in [0.15, 0.2) is 48.5 Å². The maximum Gasteiger partial charge on any atom is 0.229 e. The Morgan fingerprint density at radius 3 is 2.25 bits per heavy atom. The first kappa shape index (κ1) is 19.5. The van der Waals surface area contributed by atoms with Gasteiger partial charge in [0.2, 0.25) is 5.95 Å². The lowest BCUT2D eigenvalue weighted by atomic mass is 10.0. The lowest BCUT2D eigenvalue weighted by Gasteiger charge is -2.13. The van der Waals surface area contributed by atoms with Crippen molar-refractivity contribution in [1.29, 1.82) is 0 Å². The van der Waals surface area contributed by atoms with Gasteiger partial charge in [0.15, 0.2) is 0 Å². The number of hydrogen-bond donors (Lipinski definition) is 2. The largest absolute Gasteiger partial charge is 0.497 e. The van der Waals surface area contributed by atoms with E-state index in [0.29, 0.717) is 23.4 Å². The second-order valence-corrected chi connectivity index (χ2v) is 6.81. The molecule has 0 aliphatic heterocycles. The number of hydrogen-bond acceptors (Lipinski definition) is 6. The van der Waals surface area contributed by atoms with E-state index in [0.717, 1.165) is 22.8 Å². The summed E-state index contributed by atoms with van der Waals surface area (Å²) in [5, 5.41) is 6.56. The summed E-state index contributed by atoms with van der Waals surface area (Å²) in [5.74, 6) is 3.11. The Morgan fingerprint density at radius 2 is 1.61 bits per heavy atom. The molecule has 1 heterocycles. The summed E-state index contributed by atoms with van der Waals surface area (Å²) < 4.78 is 10.7. The smallest absolute Gasteiger partial charge is 0.229 e. The second-order valence-electron chi connectivity index (χ2n) is 6.81. The fraction of sp³-hybridized carbons (Fsp3) is 0.273. The molecule has 146 valence electrons. The normalized spacial score (nSPS) is 10.6. The van der Waals surface area contributed by atoms with Gasteiger partial charge in [-0.1, -0.05) is 26.0 Å². The van der Waals surface area contributed by atoms with Gasteiger partial charge >= 0.3 is 0 Å². The fourth-order valence-electron chi connectivity index (χ4n) is 2.82. The minimum Gasteiger partial charge on any atom is -0.497 e. The zero-order chi connectivity index (χ0) is 20.1. The van der Waals surface area contributed by atoms with Crippen LogP contribution in [0.25, 0.3) is 0 Å². The minimum absolute atomic E-state index is 0.479. The first-order chi connectivity index (χ1) is 13.5. The van der Waals surface area contributed by atoms with Gasteiger partial charge in [0.1, 0.15) is 17.3 Å². The van der Waals surface area contributed by atoms with Crippen molar-refractivity contribution in [1.82, 2.24) is 9.97 Å². The number of aromatic nitrogens is 2. The lowest BCUT2D eigenvalue weighted by Crippen LogP contribution is -2.03. The summed E-state index contributed by atoms with van der Waals surface area (Å²) in [4.78, 5) is 9.06. The first-order valence-electron chi connectivity index (χ1n) is 9.20. The van der Waals surface area contributed by atoms with Crippen LogP contribution in [0.3, 0.4) is 0 Å². The zero-order valence-electron chi connectivity index (χ0n) is 16.9. The Kier molecular flexibility index (Phi) is 5.99. The number of aryl methyl sites for hydroxylation is 1. The fourth-order valence-corrected chi connectivity index (χ4v) is 2.82.